The number of aryl methyl sites for hydroxylation is 1. The van der Waals surface area contributed by atoms with Crippen LogP contribution in [-0.4, -0.2) is 21.7 Å². The van der Waals surface area contributed by atoms with Gasteiger partial charge in [-0.05, 0) is 45.2 Å². The molecule has 1 heterocycles. The number of anilines is 1. The summed E-state index contributed by atoms with van der Waals surface area (Å²) in [5.41, 5.74) is 3.78. The van der Waals surface area contributed by atoms with Crippen molar-refractivity contribution in [2.45, 2.75) is 45.7 Å². The summed E-state index contributed by atoms with van der Waals surface area (Å²) in [5.74, 6) is 0.822. The Morgan fingerprint density at radius 2 is 1.55 bits per heavy atom. The first-order valence-corrected chi connectivity index (χ1v) is 9.92. The molecule has 29 heavy (non-hydrogen) atoms. The fourth-order valence-corrected chi connectivity index (χ4v) is 3.66. The summed E-state index contributed by atoms with van der Waals surface area (Å²) in [4.78, 5) is 14.0. The molecule has 150 valence electrons. The lowest BCUT2D eigenvalue weighted by Gasteiger charge is -2.34. The highest BCUT2D eigenvalue weighted by molar-refractivity contribution is 5.78. The van der Waals surface area contributed by atoms with Gasteiger partial charge in [-0.25, -0.2) is 4.68 Å². The van der Waals surface area contributed by atoms with Crippen LogP contribution in [0.15, 0.2) is 73.3 Å². The van der Waals surface area contributed by atoms with Crippen LogP contribution in [0.3, 0.4) is 0 Å². The number of aromatic nitrogens is 2. The minimum Gasteiger partial charge on any atom is -0.294 e. The van der Waals surface area contributed by atoms with Crippen molar-refractivity contribution in [1.82, 2.24) is 9.78 Å². The molecule has 4 nitrogen and oxygen atoms in total. The zero-order chi connectivity index (χ0) is 21.0. The Balaban J connectivity index is 2.33. The van der Waals surface area contributed by atoms with Crippen molar-refractivity contribution in [3.63, 3.8) is 0 Å². The third-order valence-corrected chi connectivity index (χ3v) is 5.06. The summed E-state index contributed by atoms with van der Waals surface area (Å²) >= 11 is 0. The topological polar surface area (TPSA) is 38.1 Å². The lowest BCUT2D eigenvalue weighted by Crippen LogP contribution is -2.42. The lowest BCUT2D eigenvalue weighted by molar-refractivity contribution is -0.108. The Morgan fingerprint density at radius 1 is 1.03 bits per heavy atom. The first-order chi connectivity index (χ1) is 13.9. The highest BCUT2D eigenvalue weighted by Crippen LogP contribution is 2.36. The van der Waals surface area contributed by atoms with E-state index in [0.717, 1.165) is 34.6 Å². The molecule has 0 saturated carbocycles. The summed E-state index contributed by atoms with van der Waals surface area (Å²) < 4.78 is 2.00. The Hall–Kier alpha value is -3.14. The van der Waals surface area contributed by atoms with E-state index >= 15 is 0 Å². The predicted octanol–water partition coefficient (Wildman–Crippen LogP) is 5.32. The number of rotatable bonds is 7. The lowest BCUT2D eigenvalue weighted by atomic mass is 9.98. The van der Waals surface area contributed by atoms with Gasteiger partial charge in [-0.1, -0.05) is 66.7 Å². The highest BCUT2D eigenvalue weighted by atomic mass is 16.1. The van der Waals surface area contributed by atoms with Crippen LogP contribution >= 0.6 is 0 Å². The molecule has 1 aromatic heterocycles. The number of carbonyl (C=O) groups is 1. The van der Waals surface area contributed by atoms with E-state index in [1.807, 2.05) is 74.9 Å². The number of benzene rings is 2. The van der Waals surface area contributed by atoms with Crippen LogP contribution < -0.4 is 4.90 Å². The van der Waals surface area contributed by atoms with E-state index in [1.54, 1.807) is 4.90 Å². The fourth-order valence-electron chi connectivity index (χ4n) is 3.66. The molecule has 0 saturated heterocycles. The molecule has 0 aliphatic heterocycles. The number of nitrogens with zero attached hydrogens (tertiary/aromatic N) is 3. The highest BCUT2D eigenvalue weighted by Gasteiger charge is 2.32. The SMILES string of the molecule is C=CCc1c(C)nn(C(c2ccccc2)c2ccccc2)c1N(C=O)C(C)(C)C. The van der Waals surface area contributed by atoms with Gasteiger partial charge in [0.05, 0.1) is 5.69 Å². The molecule has 2 aromatic carbocycles. The van der Waals surface area contributed by atoms with Crippen LogP contribution in [0.25, 0.3) is 0 Å². The summed E-state index contributed by atoms with van der Waals surface area (Å²) in [7, 11) is 0. The summed E-state index contributed by atoms with van der Waals surface area (Å²) in [5, 5.41) is 4.93. The molecule has 0 atom stereocenters. The molecular weight excluding hydrogens is 358 g/mol. The molecule has 3 rings (SSSR count). The maximum atomic E-state index is 12.2. The standard InChI is InChI=1S/C25H29N3O/c1-6-13-22-19(2)26-28(24(22)27(18-29)25(3,4)5)23(20-14-9-7-10-15-20)21-16-11-8-12-17-21/h6-12,14-18,23H,1,13H2,2-5H3. The molecule has 0 spiro atoms. The van der Waals surface area contributed by atoms with Crippen LogP contribution in [0.2, 0.25) is 0 Å². The Bertz CT molecular complexity index is 929. The Kier molecular flexibility index (Phi) is 6.02. The molecule has 0 unspecified atom stereocenters. The van der Waals surface area contributed by atoms with Crippen LogP contribution in [0.5, 0.6) is 0 Å². The molecule has 3 aromatic rings. The summed E-state index contributed by atoms with van der Waals surface area (Å²) in [6, 6.07) is 20.4. The van der Waals surface area contributed by atoms with Crippen LogP contribution in [0.4, 0.5) is 5.82 Å². The van der Waals surface area contributed by atoms with Gasteiger partial charge in [-0.2, -0.15) is 5.10 Å². The third-order valence-electron chi connectivity index (χ3n) is 5.06. The average molecular weight is 388 g/mol. The predicted molar refractivity (Wildman–Crippen MR) is 119 cm³/mol. The van der Waals surface area contributed by atoms with E-state index in [-0.39, 0.29) is 11.6 Å². The third kappa shape index (κ3) is 4.16. The molecule has 0 fully saturated rings. The van der Waals surface area contributed by atoms with Gasteiger partial charge in [-0.15, -0.1) is 6.58 Å². The minimum absolute atomic E-state index is 0.144. The van der Waals surface area contributed by atoms with E-state index < -0.39 is 0 Å². The Labute approximate surface area is 173 Å². The van der Waals surface area contributed by atoms with Crippen LogP contribution in [0.1, 0.15) is 49.2 Å². The maximum absolute atomic E-state index is 12.2. The number of allylic oxidation sites excluding steroid dienone is 1. The van der Waals surface area contributed by atoms with E-state index in [0.29, 0.717) is 6.42 Å². The van der Waals surface area contributed by atoms with Crippen LogP contribution in [-0.2, 0) is 11.2 Å². The Morgan fingerprint density at radius 3 is 1.97 bits per heavy atom. The van der Waals surface area contributed by atoms with Gasteiger partial charge in [-0.3, -0.25) is 9.69 Å². The van der Waals surface area contributed by atoms with E-state index in [1.165, 1.54) is 0 Å². The molecule has 1 amide bonds. The molecule has 4 heteroatoms. The average Bonchev–Trinajstić information content (AvgIpc) is 3.00. The van der Waals surface area contributed by atoms with Gasteiger partial charge < -0.3 is 0 Å². The molecule has 0 aliphatic carbocycles. The van der Waals surface area contributed by atoms with Crippen molar-refractivity contribution in [2.75, 3.05) is 4.90 Å². The van der Waals surface area contributed by atoms with E-state index in [4.69, 9.17) is 5.10 Å². The zero-order valence-electron chi connectivity index (χ0n) is 17.7. The minimum atomic E-state index is -0.389. The van der Waals surface area contributed by atoms with Gasteiger partial charge in [0.25, 0.3) is 0 Å². The quantitative estimate of drug-likeness (QED) is 0.406. The molecule has 0 N–H and O–H groups in total. The molecular formula is C25H29N3O. The molecule has 0 aliphatic rings. The first kappa shape index (κ1) is 20.6. The van der Waals surface area contributed by atoms with E-state index in [9.17, 15) is 4.79 Å². The largest absolute Gasteiger partial charge is 0.294 e. The number of hydrogen-bond acceptors (Lipinski definition) is 2. The van der Waals surface area contributed by atoms with Gasteiger partial charge in [0.2, 0.25) is 6.41 Å². The molecule has 0 radical (unpaired) electrons. The van der Waals surface area contributed by atoms with Crippen molar-refractivity contribution < 1.29 is 4.79 Å². The second-order valence-electron chi connectivity index (χ2n) is 8.20. The fraction of sp³-hybridized carbons (Fsp3) is 0.280. The van der Waals surface area contributed by atoms with Crippen LogP contribution in [0, 0.1) is 6.92 Å². The maximum Gasteiger partial charge on any atom is 0.215 e. The summed E-state index contributed by atoms with van der Waals surface area (Å²) in [6.07, 6.45) is 3.42. The van der Waals surface area contributed by atoms with Gasteiger partial charge in [0, 0.05) is 11.1 Å². The number of carbonyl (C=O) groups excluding carboxylic acids is 1. The number of amides is 1. The summed E-state index contributed by atoms with van der Waals surface area (Å²) in [6.45, 7) is 12.0. The normalized spacial score (nSPS) is 11.5. The van der Waals surface area contributed by atoms with Crippen molar-refractivity contribution in [3.05, 3.63) is 95.7 Å². The van der Waals surface area contributed by atoms with Gasteiger partial charge in [0.1, 0.15) is 11.9 Å². The number of hydrogen-bond donors (Lipinski definition) is 0. The van der Waals surface area contributed by atoms with Gasteiger partial charge in [0.15, 0.2) is 0 Å². The van der Waals surface area contributed by atoms with Gasteiger partial charge >= 0.3 is 0 Å². The van der Waals surface area contributed by atoms with Crippen molar-refractivity contribution in [3.8, 4) is 0 Å². The second-order valence-corrected chi connectivity index (χ2v) is 8.20. The zero-order valence-corrected chi connectivity index (χ0v) is 17.7. The van der Waals surface area contributed by atoms with Crippen molar-refractivity contribution >= 4 is 12.2 Å². The van der Waals surface area contributed by atoms with Crippen molar-refractivity contribution in [1.29, 1.82) is 0 Å². The monoisotopic (exact) mass is 387 g/mol. The smallest absolute Gasteiger partial charge is 0.215 e. The molecule has 0 bridgehead atoms. The van der Waals surface area contributed by atoms with E-state index in [2.05, 4.69) is 30.8 Å². The first-order valence-electron chi connectivity index (χ1n) is 9.92. The second kappa shape index (κ2) is 8.48. The van der Waals surface area contributed by atoms with Crippen molar-refractivity contribution in [2.24, 2.45) is 0 Å².